The third-order valence-corrected chi connectivity index (χ3v) is 4.87. The molecule has 1 unspecified atom stereocenters. The van der Waals surface area contributed by atoms with Crippen LogP contribution in [-0.4, -0.2) is 9.67 Å². The van der Waals surface area contributed by atoms with Gasteiger partial charge in [-0.2, -0.15) is 0 Å². The van der Waals surface area contributed by atoms with Crippen LogP contribution in [-0.2, 0) is 0 Å². The Kier molecular flexibility index (Phi) is 5.35. The molecule has 22 heavy (non-hydrogen) atoms. The summed E-state index contributed by atoms with van der Waals surface area (Å²) >= 11 is 9.70. The number of rotatable bonds is 4. The lowest BCUT2D eigenvalue weighted by atomic mass is 10.1. The van der Waals surface area contributed by atoms with E-state index in [4.69, 9.17) is 11.6 Å². The standard InChI is InChI=1S/C17H18BrClFNO/c1-4-12(18)9-15-10(2)7-8-21(15)11(3)16-13(19)5-6-14(20)17(16)22/h5-9,11,22H,4H2,1-3H3/b12-9+. The van der Waals surface area contributed by atoms with Crippen LogP contribution in [0.2, 0.25) is 5.02 Å². The topological polar surface area (TPSA) is 25.2 Å². The highest BCUT2D eigenvalue weighted by molar-refractivity contribution is 9.11. The summed E-state index contributed by atoms with van der Waals surface area (Å²) in [6.45, 7) is 5.96. The molecule has 0 fully saturated rings. The molecule has 1 atom stereocenters. The van der Waals surface area contributed by atoms with Gasteiger partial charge in [-0.1, -0.05) is 34.5 Å². The minimum absolute atomic E-state index is 0.291. The molecule has 0 radical (unpaired) electrons. The van der Waals surface area contributed by atoms with Crippen LogP contribution in [0.25, 0.3) is 6.08 Å². The van der Waals surface area contributed by atoms with Gasteiger partial charge in [-0.05, 0) is 54.6 Å². The lowest BCUT2D eigenvalue weighted by molar-refractivity contribution is 0.417. The summed E-state index contributed by atoms with van der Waals surface area (Å²) < 4.78 is 16.7. The van der Waals surface area contributed by atoms with Gasteiger partial charge >= 0.3 is 0 Å². The van der Waals surface area contributed by atoms with Crippen LogP contribution < -0.4 is 0 Å². The van der Waals surface area contributed by atoms with E-state index in [1.165, 1.54) is 12.1 Å². The van der Waals surface area contributed by atoms with Gasteiger partial charge in [-0.25, -0.2) is 4.39 Å². The zero-order valence-corrected chi connectivity index (χ0v) is 15.0. The van der Waals surface area contributed by atoms with Crippen molar-refractivity contribution in [2.75, 3.05) is 0 Å². The minimum Gasteiger partial charge on any atom is -0.505 e. The summed E-state index contributed by atoms with van der Waals surface area (Å²) in [6.07, 6.45) is 4.84. The Balaban J connectivity index is 2.57. The normalized spacial score (nSPS) is 13.5. The van der Waals surface area contributed by atoms with Gasteiger partial charge in [0, 0.05) is 22.5 Å². The molecule has 2 nitrogen and oxygen atoms in total. The molecule has 2 rings (SSSR count). The fraction of sp³-hybridized carbons (Fsp3) is 0.294. The summed E-state index contributed by atoms with van der Waals surface area (Å²) in [5, 5.41) is 10.4. The molecule has 118 valence electrons. The molecule has 0 aliphatic carbocycles. The van der Waals surface area contributed by atoms with Gasteiger partial charge in [0.1, 0.15) is 0 Å². The van der Waals surface area contributed by atoms with Crippen molar-refractivity contribution in [2.24, 2.45) is 0 Å². The Hall–Kier alpha value is -1.26. The molecule has 0 amide bonds. The molecule has 2 aromatic rings. The average molecular weight is 387 g/mol. The molecule has 1 N–H and O–H groups in total. The summed E-state index contributed by atoms with van der Waals surface area (Å²) in [7, 11) is 0. The number of halogens is 3. The van der Waals surface area contributed by atoms with Gasteiger partial charge in [0.25, 0.3) is 0 Å². The number of allylic oxidation sites excluding steroid dienone is 1. The molecule has 0 saturated carbocycles. The zero-order valence-electron chi connectivity index (χ0n) is 12.7. The van der Waals surface area contributed by atoms with Crippen molar-refractivity contribution in [1.29, 1.82) is 0 Å². The lowest BCUT2D eigenvalue weighted by Crippen LogP contribution is -2.09. The SMILES string of the molecule is CC/C(Br)=C\c1c(C)ccn1C(C)c1c(Cl)ccc(F)c1O. The number of hydrogen-bond donors (Lipinski definition) is 1. The molecule has 0 bridgehead atoms. The summed E-state index contributed by atoms with van der Waals surface area (Å²) in [5.74, 6) is -1.06. The summed E-state index contributed by atoms with van der Waals surface area (Å²) in [6, 6.07) is 4.34. The van der Waals surface area contributed by atoms with E-state index in [0.717, 1.165) is 22.2 Å². The van der Waals surface area contributed by atoms with E-state index >= 15 is 0 Å². The molecular weight excluding hydrogens is 369 g/mol. The second kappa shape index (κ2) is 6.88. The number of phenolic OH excluding ortho intramolecular Hbond substituents is 1. The van der Waals surface area contributed by atoms with Gasteiger partial charge in [0.05, 0.1) is 6.04 Å². The quantitative estimate of drug-likeness (QED) is 0.680. The number of aromatic nitrogens is 1. The monoisotopic (exact) mass is 385 g/mol. The van der Waals surface area contributed by atoms with E-state index < -0.39 is 11.6 Å². The highest BCUT2D eigenvalue weighted by atomic mass is 79.9. The van der Waals surface area contributed by atoms with Crippen molar-refractivity contribution >= 4 is 33.6 Å². The van der Waals surface area contributed by atoms with Gasteiger partial charge in [0.15, 0.2) is 11.6 Å². The van der Waals surface area contributed by atoms with Crippen LogP contribution in [0.4, 0.5) is 4.39 Å². The molecule has 1 aromatic heterocycles. The number of aryl methyl sites for hydroxylation is 1. The summed E-state index contributed by atoms with van der Waals surface area (Å²) in [4.78, 5) is 0. The third kappa shape index (κ3) is 3.23. The number of hydrogen-bond acceptors (Lipinski definition) is 1. The third-order valence-electron chi connectivity index (χ3n) is 3.75. The van der Waals surface area contributed by atoms with E-state index in [9.17, 15) is 9.50 Å². The highest BCUT2D eigenvalue weighted by Gasteiger charge is 2.21. The largest absolute Gasteiger partial charge is 0.505 e. The molecular formula is C17H18BrClFNO. The molecule has 1 heterocycles. The Bertz CT molecular complexity index is 724. The highest BCUT2D eigenvalue weighted by Crippen LogP contribution is 2.37. The van der Waals surface area contributed by atoms with Crippen molar-refractivity contribution in [1.82, 2.24) is 4.57 Å². The van der Waals surface area contributed by atoms with E-state index in [1.807, 2.05) is 36.8 Å². The van der Waals surface area contributed by atoms with Crippen LogP contribution in [0.3, 0.4) is 0 Å². The van der Waals surface area contributed by atoms with E-state index in [1.54, 1.807) is 0 Å². The molecule has 0 aliphatic rings. The molecule has 0 spiro atoms. The first-order valence-electron chi connectivity index (χ1n) is 7.07. The van der Waals surface area contributed by atoms with E-state index in [0.29, 0.717) is 10.6 Å². The lowest BCUT2D eigenvalue weighted by Gasteiger charge is -2.20. The van der Waals surface area contributed by atoms with Crippen LogP contribution in [0.1, 0.15) is 43.1 Å². The first kappa shape index (κ1) is 17.1. The predicted molar refractivity (Wildman–Crippen MR) is 93.3 cm³/mol. The van der Waals surface area contributed by atoms with Crippen molar-refractivity contribution in [3.63, 3.8) is 0 Å². The first-order valence-corrected chi connectivity index (χ1v) is 8.24. The number of benzene rings is 1. The number of aromatic hydroxyl groups is 1. The van der Waals surface area contributed by atoms with Crippen molar-refractivity contribution in [2.45, 2.75) is 33.2 Å². The van der Waals surface area contributed by atoms with Crippen LogP contribution >= 0.6 is 27.5 Å². The first-order chi connectivity index (χ1) is 10.4. The smallest absolute Gasteiger partial charge is 0.165 e. The predicted octanol–water partition coefficient (Wildman–Crippen LogP) is 6.05. The minimum atomic E-state index is -0.665. The molecule has 0 aliphatic heterocycles. The zero-order chi connectivity index (χ0) is 16.4. The maximum atomic E-state index is 13.7. The Morgan fingerprint density at radius 2 is 2.14 bits per heavy atom. The fourth-order valence-corrected chi connectivity index (χ4v) is 2.96. The van der Waals surface area contributed by atoms with Gasteiger partial charge < -0.3 is 9.67 Å². The van der Waals surface area contributed by atoms with Crippen LogP contribution in [0, 0.1) is 12.7 Å². The second-order valence-corrected chi connectivity index (χ2v) is 6.63. The number of phenols is 1. The Labute approximate surface area is 143 Å². The Morgan fingerprint density at radius 3 is 2.77 bits per heavy atom. The van der Waals surface area contributed by atoms with Crippen molar-refractivity contribution in [3.05, 3.63) is 56.5 Å². The van der Waals surface area contributed by atoms with Gasteiger partial charge in [-0.15, -0.1) is 0 Å². The van der Waals surface area contributed by atoms with Crippen molar-refractivity contribution < 1.29 is 9.50 Å². The molecule has 0 saturated heterocycles. The van der Waals surface area contributed by atoms with Gasteiger partial charge in [0.2, 0.25) is 0 Å². The second-order valence-electron chi connectivity index (χ2n) is 5.20. The van der Waals surface area contributed by atoms with Crippen molar-refractivity contribution in [3.8, 4) is 5.75 Å². The molecule has 5 heteroatoms. The maximum absolute atomic E-state index is 13.7. The summed E-state index contributed by atoms with van der Waals surface area (Å²) in [5.41, 5.74) is 2.49. The average Bonchev–Trinajstić information content (AvgIpc) is 2.84. The Morgan fingerprint density at radius 1 is 1.45 bits per heavy atom. The molecule has 1 aromatic carbocycles. The van der Waals surface area contributed by atoms with Gasteiger partial charge in [-0.3, -0.25) is 0 Å². The van der Waals surface area contributed by atoms with E-state index in [2.05, 4.69) is 22.9 Å². The van der Waals surface area contributed by atoms with E-state index in [-0.39, 0.29) is 6.04 Å². The van der Waals surface area contributed by atoms with Crippen LogP contribution in [0.5, 0.6) is 5.75 Å². The van der Waals surface area contributed by atoms with Crippen LogP contribution in [0.15, 0.2) is 28.9 Å². The number of nitrogens with zero attached hydrogens (tertiary/aromatic N) is 1. The fourth-order valence-electron chi connectivity index (χ4n) is 2.43. The maximum Gasteiger partial charge on any atom is 0.165 e.